The normalized spacial score (nSPS) is 21.0. The molecule has 1 aliphatic heterocycles. The largest absolute Gasteiger partial charge is 0.341 e. The van der Waals surface area contributed by atoms with E-state index >= 15 is 0 Å². The van der Waals surface area contributed by atoms with Crippen molar-refractivity contribution in [3.8, 4) is 0 Å². The van der Waals surface area contributed by atoms with Gasteiger partial charge in [-0.25, -0.2) is 0 Å². The van der Waals surface area contributed by atoms with E-state index in [4.69, 9.17) is 5.73 Å². The maximum Gasteiger partial charge on any atom is 0.245 e. The number of hydrogen-bond acceptors (Lipinski definition) is 4. The lowest BCUT2D eigenvalue weighted by atomic mass is 10.1. The van der Waals surface area contributed by atoms with Crippen LogP contribution in [0.5, 0.6) is 0 Å². The number of nitrogens with two attached hydrogens (primary N) is 1. The van der Waals surface area contributed by atoms with Gasteiger partial charge in [-0.1, -0.05) is 6.07 Å². The maximum atomic E-state index is 12.6. The summed E-state index contributed by atoms with van der Waals surface area (Å²) in [6.45, 7) is 5.62. The van der Waals surface area contributed by atoms with Crippen molar-refractivity contribution in [1.29, 1.82) is 0 Å². The average molecular weight is 304 g/mol. The van der Waals surface area contributed by atoms with Crippen LogP contribution in [-0.4, -0.2) is 58.3 Å². The first-order valence-electron chi connectivity index (χ1n) is 7.79. The molecular formula is C16H24N4O2. The maximum absolute atomic E-state index is 12.6. The molecule has 1 aliphatic rings. The Hall–Kier alpha value is -1.95. The molecule has 0 unspecified atom stereocenters. The van der Waals surface area contributed by atoms with E-state index in [9.17, 15) is 9.59 Å². The van der Waals surface area contributed by atoms with Gasteiger partial charge in [-0.3, -0.25) is 14.6 Å². The van der Waals surface area contributed by atoms with Gasteiger partial charge in [0, 0.05) is 38.1 Å². The Morgan fingerprint density at radius 1 is 1.41 bits per heavy atom. The van der Waals surface area contributed by atoms with Crippen LogP contribution in [0.3, 0.4) is 0 Å². The molecule has 6 nitrogen and oxygen atoms in total. The molecule has 1 saturated heterocycles. The van der Waals surface area contributed by atoms with Gasteiger partial charge in [-0.15, -0.1) is 0 Å². The van der Waals surface area contributed by atoms with E-state index in [2.05, 4.69) is 4.98 Å². The van der Waals surface area contributed by atoms with Crippen molar-refractivity contribution < 1.29 is 9.59 Å². The van der Waals surface area contributed by atoms with Crippen molar-refractivity contribution in [3.63, 3.8) is 0 Å². The minimum Gasteiger partial charge on any atom is -0.341 e. The van der Waals surface area contributed by atoms with Gasteiger partial charge in [0.2, 0.25) is 11.8 Å². The van der Waals surface area contributed by atoms with Crippen molar-refractivity contribution in [2.75, 3.05) is 19.6 Å². The fourth-order valence-electron chi connectivity index (χ4n) is 2.90. The van der Waals surface area contributed by atoms with Gasteiger partial charge in [0.05, 0.1) is 6.42 Å². The number of likely N-dealkylation sites (N-methyl/N-ethyl adjacent to an activating group) is 1. The van der Waals surface area contributed by atoms with Crippen LogP contribution in [0, 0.1) is 0 Å². The number of amides is 2. The highest BCUT2D eigenvalue weighted by Crippen LogP contribution is 2.20. The van der Waals surface area contributed by atoms with Crippen molar-refractivity contribution in [3.05, 3.63) is 30.1 Å². The number of hydrogen-bond donors (Lipinski definition) is 1. The third kappa shape index (κ3) is 3.62. The molecule has 6 heteroatoms. The van der Waals surface area contributed by atoms with Crippen LogP contribution in [0.2, 0.25) is 0 Å². The minimum absolute atomic E-state index is 0.00233. The Kier molecular flexibility index (Phi) is 5.49. The summed E-state index contributed by atoms with van der Waals surface area (Å²) in [5, 5.41) is 0. The van der Waals surface area contributed by atoms with Gasteiger partial charge in [-0.05, 0) is 31.9 Å². The summed E-state index contributed by atoms with van der Waals surface area (Å²) in [5.41, 5.74) is 6.84. The lowest BCUT2D eigenvalue weighted by molar-refractivity contribution is -0.143. The van der Waals surface area contributed by atoms with Gasteiger partial charge >= 0.3 is 0 Å². The fraction of sp³-hybridized carbons (Fsp3) is 0.562. The molecule has 2 amide bonds. The molecule has 2 heterocycles. The van der Waals surface area contributed by atoms with Crippen LogP contribution in [0.1, 0.15) is 25.8 Å². The van der Waals surface area contributed by atoms with Gasteiger partial charge in [0.1, 0.15) is 6.04 Å². The third-order valence-electron chi connectivity index (χ3n) is 4.09. The molecule has 22 heavy (non-hydrogen) atoms. The van der Waals surface area contributed by atoms with Gasteiger partial charge in [0.15, 0.2) is 0 Å². The molecule has 0 saturated carbocycles. The summed E-state index contributed by atoms with van der Waals surface area (Å²) in [6, 6.07) is 3.10. The zero-order valence-electron chi connectivity index (χ0n) is 13.2. The highest BCUT2D eigenvalue weighted by Gasteiger charge is 2.39. The first-order valence-corrected chi connectivity index (χ1v) is 7.79. The molecule has 120 valence electrons. The predicted octanol–water partition coefficient (Wildman–Crippen LogP) is 0.421. The zero-order valence-corrected chi connectivity index (χ0v) is 13.2. The summed E-state index contributed by atoms with van der Waals surface area (Å²) >= 11 is 0. The minimum atomic E-state index is -0.431. The highest BCUT2D eigenvalue weighted by molar-refractivity contribution is 5.89. The predicted molar refractivity (Wildman–Crippen MR) is 84.0 cm³/mol. The number of carbonyl (C=O) groups is 2. The van der Waals surface area contributed by atoms with E-state index in [-0.39, 0.29) is 24.3 Å². The standard InChI is InChI=1S/C16H24N4O2/c1-3-19(4-2)16(22)14-9-13(17)11-20(14)15(21)8-12-6-5-7-18-10-12/h5-7,10,13-14H,3-4,8-9,11,17H2,1-2H3/t13-,14+/m1/s1. The van der Waals surface area contributed by atoms with E-state index in [1.165, 1.54) is 0 Å². The van der Waals surface area contributed by atoms with Crippen molar-refractivity contribution in [1.82, 2.24) is 14.8 Å². The van der Waals surface area contributed by atoms with Crippen LogP contribution in [-0.2, 0) is 16.0 Å². The Morgan fingerprint density at radius 2 is 2.14 bits per heavy atom. The molecule has 0 spiro atoms. The molecule has 0 aliphatic carbocycles. The SMILES string of the molecule is CCN(CC)C(=O)[C@@H]1C[C@@H](N)CN1C(=O)Cc1cccnc1. The van der Waals surface area contributed by atoms with E-state index < -0.39 is 6.04 Å². The smallest absolute Gasteiger partial charge is 0.245 e. The Bertz CT molecular complexity index is 516. The van der Waals surface area contributed by atoms with E-state index in [0.717, 1.165) is 5.56 Å². The van der Waals surface area contributed by atoms with Crippen molar-refractivity contribution in [2.24, 2.45) is 5.73 Å². The molecule has 2 atom stereocenters. The summed E-state index contributed by atoms with van der Waals surface area (Å²) in [6.07, 6.45) is 4.14. The first kappa shape index (κ1) is 16.4. The summed E-state index contributed by atoms with van der Waals surface area (Å²) < 4.78 is 0. The van der Waals surface area contributed by atoms with Crippen LogP contribution in [0.15, 0.2) is 24.5 Å². The molecule has 0 aromatic carbocycles. The van der Waals surface area contributed by atoms with Gasteiger partial charge < -0.3 is 15.5 Å². The average Bonchev–Trinajstić information content (AvgIpc) is 2.91. The first-order chi connectivity index (χ1) is 10.6. The second kappa shape index (κ2) is 7.35. The second-order valence-corrected chi connectivity index (χ2v) is 5.61. The van der Waals surface area contributed by atoms with Gasteiger partial charge in [0.25, 0.3) is 0 Å². The molecule has 2 N–H and O–H groups in total. The van der Waals surface area contributed by atoms with Crippen LogP contribution in [0.4, 0.5) is 0 Å². The van der Waals surface area contributed by atoms with E-state index in [0.29, 0.717) is 26.1 Å². The van der Waals surface area contributed by atoms with Crippen LogP contribution in [0.25, 0.3) is 0 Å². The molecule has 1 fully saturated rings. The molecule has 1 aromatic heterocycles. The van der Waals surface area contributed by atoms with Gasteiger partial charge in [-0.2, -0.15) is 0 Å². The Balaban J connectivity index is 2.10. The lowest BCUT2D eigenvalue weighted by Crippen LogP contribution is -2.48. The van der Waals surface area contributed by atoms with E-state index in [1.54, 1.807) is 28.3 Å². The number of carbonyl (C=O) groups excluding carboxylic acids is 2. The zero-order chi connectivity index (χ0) is 16.1. The Morgan fingerprint density at radius 3 is 2.73 bits per heavy atom. The fourth-order valence-corrected chi connectivity index (χ4v) is 2.90. The number of rotatable bonds is 5. The molecule has 0 bridgehead atoms. The van der Waals surface area contributed by atoms with Crippen molar-refractivity contribution in [2.45, 2.75) is 38.8 Å². The molecule has 1 aromatic rings. The summed E-state index contributed by atoms with van der Waals surface area (Å²) in [7, 11) is 0. The molecular weight excluding hydrogens is 280 g/mol. The van der Waals surface area contributed by atoms with Crippen LogP contribution >= 0.6 is 0 Å². The molecule has 2 rings (SSSR count). The number of nitrogens with zero attached hydrogens (tertiary/aromatic N) is 3. The van der Waals surface area contributed by atoms with E-state index in [1.807, 2.05) is 19.9 Å². The quantitative estimate of drug-likeness (QED) is 0.855. The monoisotopic (exact) mass is 304 g/mol. The van der Waals surface area contributed by atoms with Crippen molar-refractivity contribution >= 4 is 11.8 Å². The number of pyridine rings is 1. The second-order valence-electron chi connectivity index (χ2n) is 5.61. The molecule has 0 radical (unpaired) electrons. The summed E-state index contributed by atoms with van der Waals surface area (Å²) in [4.78, 5) is 32.5. The summed E-state index contributed by atoms with van der Waals surface area (Å²) in [5.74, 6) is -0.0658. The third-order valence-corrected chi connectivity index (χ3v) is 4.09. The lowest BCUT2D eigenvalue weighted by Gasteiger charge is -2.29. The number of likely N-dealkylation sites (tertiary alicyclic amines) is 1. The Labute approximate surface area is 131 Å². The van der Waals surface area contributed by atoms with Crippen LogP contribution < -0.4 is 5.73 Å². The topological polar surface area (TPSA) is 79.5 Å². The number of aromatic nitrogens is 1. The highest BCUT2D eigenvalue weighted by atomic mass is 16.2.